The van der Waals surface area contributed by atoms with Crippen LogP contribution in [0.15, 0.2) is 41.8 Å². The van der Waals surface area contributed by atoms with Crippen molar-refractivity contribution in [2.75, 3.05) is 0 Å². The first-order valence-corrected chi connectivity index (χ1v) is 8.13. The Balaban J connectivity index is 2.05. The summed E-state index contributed by atoms with van der Waals surface area (Å²) >= 11 is 1.58. The number of rotatable bonds is 7. The van der Waals surface area contributed by atoms with Crippen LogP contribution in [-0.2, 0) is 16.0 Å². The fraction of sp³-hybridized carbons (Fsp3) is 0.294. The lowest BCUT2D eigenvalue weighted by Gasteiger charge is -2.20. The lowest BCUT2D eigenvalue weighted by Crippen LogP contribution is -2.34. The highest BCUT2D eigenvalue weighted by Crippen LogP contribution is 2.20. The van der Waals surface area contributed by atoms with Crippen LogP contribution in [-0.4, -0.2) is 17.0 Å². The van der Waals surface area contributed by atoms with E-state index in [1.807, 2.05) is 17.5 Å². The van der Waals surface area contributed by atoms with Gasteiger partial charge >= 0.3 is 5.97 Å². The van der Waals surface area contributed by atoms with E-state index in [0.29, 0.717) is 12.0 Å². The highest BCUT2D eigenvalue weighted by molar-refractivity contribution is 7.09. The van der Waals surface area contributed by atoms with Gasteiger partial charge in [-0.1, -0.05) is 25.1 Å². The first kappa shape index (κ1) is 17.1. The summed E-state index contributed by atoms with van der Waals surface area (Å²) in [4.78, 5) is 24.5. The molecule has 0 saturated carbocycles. The molecular weight excluding hydrogens is 317 g/mol. The summed E-state index contributed by atoms with van der Waals surface area (Å²) in [6.07, 6.45) is 0.357. The van der Waals surface area contributed by atoms with Crippen LogP contribution in [0, 0.1) is 11.7 Å². The van der Waals surface area contributed by atoms with Crippen molar-refractivity contribution in [1.29, 1.82) is 0 Å². The van der Waals surface area contributed by atoms with Crippen LogP contribution in [0.5, 0.6) is 0 Å². The third kappa shape index (κ3) is 5.17. The molecule has 122 valence electrons. The summed E-state index contributed by atoms with van der Waals surface area (Å²) in [6, 6.07) is 8.71. The van der Waals surface area contributed by atoms with Gasteiger partial charge in [-0.15, -0.1) is 11.3 Å². The van der Waals surface area contributed by atoms with E-state index in [9.17, 15) is 14.0 Å². The summed E-state index contributed by atoms with van der Waals surface area (Å²) in [6.45, 7) is 1.80. The monoisotopic (exact) mass is 335 g/mol. The molecule has 0 aliphatic rings. The summed E-state index contributed by atoms with van der Waals surface area (Å²) in [7, 11) is 0. The average molecular weight is 335 g/mol. The number of hydrogen-bond donors (Lipinski definition) is 2. The van der Waals surface area contributed by atoms with Crippen molar-refractivity contribution >= 4 is 23.2 Å². The van der Waals surface area contributed by atoms with Gasteiger partial charge in [0.05, 0.1) is 12.5 Å². The third-order valence-electron chi connectivity index (χ3n) is 3.50. The highest BCUT2D eigenvalue weighted by atomic mass is 32.1. The quantitative estimate of drug-likeness (QED) is 0.815. The van der Waals surface area contributed by atoms with Crippen LogP contribution in [0.2, 0.25) is 0 Å². The second-order valence-electron chi connectivity index (χ2n) is 5.40. The zero-order chi connectivity index (χ0) is 16.8. The minimum absolute atomic E-state index is 0.214. The minimum atomic E-state index is -1.02. The van der Waals surface area contributed by atoms with Crippen LogP contribution < -0.4 is 5.32 Å². The number of benzene rings is 1. The fourth-order valence-corrected chi connectivity index (χ4v) is 3.09. The number of carbonyl (C=O) groups excluding carboxylic acids is 1. The van der Waals surface area contributed by atoms with Gasteiger partial charge in [-0.25, -0.2) is 4.39 Å². The van der Waals surface area contributed by atoms with Gasteiger partial charge in [0.25, 0.3) is 0 Å². The maximum absolute atomic E-state index is 13.0. The van der Waals surface area contributed by atoms with E-state index in [1.54, 1.807) is 18.3 Å². The lowest BCUT2D eigenvalue weighted by atomic mass is 10.0. The van der Waals surface area contributed by atoms with E-state index in [4.69, 9.17) is 5.11 Å². The van der Waals surface area contributed by atoms with Gasteiger partial charge in [-0.05, 0) is 35.6 Å². The first-order valence-electron chi connectivity index (χ1n) is 7.25. The number of carbonyl (C=O) groups is 2. The van der Waals surface area contributed by atoms with E-state index in [0.717, 1.165) is 4.88 Å². The lowest BCUT2D eigenvalue weighted by molar-refractivity contribution is -0.137. The molecule has 1 amide bonds. The molecule has 0 radical (unpaired) electrons. The van der Waals surface area contributed by atoms with Gasteiger partial charge in [0.1, 0.15) is 5.82 Å². The molecule has 0 bridgehead atoms. The first-order chi connectivity index (χ1) is 11.0. The van der Waals surface area contributed by atoms with Gasteiger partial charge in [0.15, 0.2) is 0 Å². The van der Waals surface area contributed by atoms with Crippen LogP contribution in [0.25, 0.3) is 0 Å². The number of carboxylic acid groups (broad SMARTS) is 1. The number of carboxylic acids is 1. The topological polar surface area (TPSA) is 66.4 Å². The van der Waals surface area contributed by atoms with Crippen molar-refractivity contribution in [3.05, 3.63) is 58.0 Å². The normalized spacial score (nSPS) is 13.3. The van der Waals surface area contributed by atoms with Crippen molar-refractivity contribution in [2.24, 2.45) is 5.92 Å². The number of thiophene rings is 1. The Morgan fingerprint density at radius 1 is 1.26 bits per heavy atom. The Bertz CT molecular complexity index is 655. The van der Waals surface area contributed by atoms with Gasteiger partial charge < -0.3 is 10.4 Å². The van der Waals surface area contributed by atoms with Crippen molar-refractivity contribution < 1.29 is 19.1 Å². The molecule has 1 aromatic carbocycles. The van der Waals surface area contributed by atoms with Crippen molar-refractivity contribution in [2.45, 2.75) is 25.8 Å². The Hall–Kier alpha value is -2.21. The summed E-state index contributed by atoms with van der Waals surface area (Å²) in [5.41, 5.74) is 0.575. The smallest absolute Gasteiger partial charge is 0.305 e. The van der Waals surface area contributed by atoms with Gasteiger partial charge in [-0.3, -0.25) is 9.59 Å². The summed E-state index contributed by atoms with van der Waals surface area (Å²) in [5, 5.41) is 13.7. The Labute approximate surface area is 138 Å². The molecule has 0 saturated heterocycles. The van der Waals surface area contributed by atoms with Crippen LogP contribution in [0.1, 0.15) is 29.8 Å². The summed E-state index contributed by atoms with van der Waals surface area (Å²) < 4.78 is 13.0. The molecule has 2 rings (SSSR count). The van der Waals surface area contributed by atoms with E-state index in [1.165, 1.54) is 24.3 Å². The average Bonchev–Trinajstić information content (AvgIpc) is 2.99. The molecule has 1 heterocycles. The molecule has 23 heavy (non-hydrogen) atoms. The number of aliphatic carboxylic acids is 1. The predicted molar refractivity (Wildman–Crippen MR) is 86.7 cm³/mol. The molecule has 2 aromatic rings. The third-order valence-corrected chi connectivity index (χ3v) is 4.40. The molecule has 0 unspecified atom stereocenters. The minimum Gasteiger partial charge on any atom is -0.481 e. The van der Waals surface area contributed by atoms with E-state index >= 15 is 0 Å². The van der Waals surface area contributed by atoms with Crippen LogP contribution >= 0.6 is 11.3 Å². The second-order valence-corrected chi connectivity index (χ2v) is 6.43. The van der Waals surface area contributed by atoms with Crippen LogP contribution in [0.3, 0.4) is 0 Å². The molecule has 2 N–H and O–H groups in total. The zero-order valence-electron chi connectivity index (χ0n) is 12.7. The van der Waals surface area contributed by atoms with Crippen molar-refractivity contribution in [1.82, 2.24) is 5.32 Å². The second kappa shape index (κ2) is 7.87. The fourth-order valence-electron chi connectivity index (χ4n) is 2.26. The predicted octanol–water partition coefficient (Wildman–Crippen LogP) is 3.40. The molecule has 0 aliphatic heterocycles. The largest absolute Gasteiger partial charge is 0.481 e. The van der Waals surface area contributed by atoms with E-state index < -0.39 is 17.8 Å². The number of nitrogens with one attached hydrogen (secondary N) is 1. The maximum Gasteiger partial charge on any atom is 0.305 e. The Morgan fingerprint density at radius 2 is 1.96 bits per heavy atom. The van der Waals surface area contributed by atoms with E-state index in [-0.39, 0.29) is 18.2 Å². The van der Waals surface area contributed by atoms with Gasteiger partial charge in [0, 0.05) is 10.8 Å². The van der Waals surface area contributed by atoms with Crippen LogP contribution in [0.4, 0.5) is 4.39 Å². The van der Waals surface area contributed by atoms with Gasteiger partial charge in [0.2, 0.25) is 5.91 Å². The molecule has 0 aliphatic carbocycles. The molecule has 0 spiro atoms. The summed E-state index contributed by atoms with van der Waals surface area (Å²) in [5.74, 6) is -1.91. The number of hydrogen-bond acceptors (Lipinski definition) is 3. The van der Waals surface area contributed by atoms with Crippen molar-refractivity contribution in [3.63, 3.8) is 0 Å². The molecule has 0 fully saturated rings. The molecular formula is C17H18FNO3S. The van der Waals surface area contributed by atoms with Gasteiger partial charge in [-0.2, -0.15) is 0 Å². The van der Waals surface area contributed by atoms with E-state index in [2.05, 4.69) is 5.32 Å². The SMILES string of the molecule is C[C@H](Cc1cccs1)C(=O)N[C@@H](CC(=O)O)c1ccc(F)cc1. The molecule has 6 heteroatoms. The molecule has 2 atom stereocenters. The standard InChI is InChI=1S/C17H18FNO3S/c1-11(9-14-3-2-8-23-14)17(22)19-15(10-16(20)21)12-4-6-13(18)7-5-12/h2-8,11,15H,9-10H2,1H3,(H,19,22)(H,20,21)/t11-,15+/m1/s1. The van der Waals surface area contributed by atoms with Crippen molar-refractivity contribution in [3.8, 4) is 0 Å². The maximum atomic E-state index is 13.0. The number of amides is 1. The molecule has 4 nitrogen and oxygen atoms in total. The zero-order valence-corrected chi connectivity index (χ0v) is 13.5. The molecule has 1 aromatic heterocycles. The number of halogens is 1. The Kier molecular flexibility index (Phi) is 5.87. The highest BCUT2D eigenvalue weighted by Gasteiger charge is 2.21. The Morgan fingerprint density at radius 3 is 2.52 bits per heavy atom.